The Morgan fingerprint density at radius 3 is 2.12 bits per heavy atom. The fourth-order valence-electron chi connectivity index (χ4n) is 4.98. The van der Waals surface area contributed by atoms with Gasteiger partial charge in [-0.3, -0.25) is 4.79 Å². The lowest BCUT2D eigenvalue weighted by Gasteiger charge is -2.30. The van der Waals surface area contributed by atoms with E-state index in [9.17, 15) is 35.9 Å². The Balaban J connectivity index is 1.57. The minimum absolute atomic E-state index is 0.156. The summed E-state index contributed by atoms with van der Waals surface area (Å²) in [4.78, 5) is 32.2. The highest BCUT2D eigenvalue weighted by molar-refractivity contribution is 5.75. The van der Waals surface area contributed by atoms with Crippen molar-refractivity contribution >= 4 is 23.6 Å². The third kappa shape index (κ3) is 7.68. The summed E-state index contributed by atoms with van der Waals surface area (Å²) in [5.74, 6) is -2.12. The molecule has 1 aliphatic rings. The maximum absolute atomic E-state index is 13.9. The average Bonchev–Trinajstić information content (AvgIpc) is 2.92. The van der Waals surface area contributed by atoms with Crippen LogP contribution in [0.25, 0.3) is 0 Å². The van der Waals surface area contributed by atoms with Gasteiger partial charge in [0.05, 0.1) is 16.8 Å². The second-order valence-corrected chi connectivity index (χ2v) is 10.0. The van der Waals surface area contributed by atoms with Crippen LogP contribution in [0.15, 0.2) is 54.7 Å². The zero-order valence-electron chi connectivity index (χ0n) is 22.0. The van der Waals surface area contributed by atoms with E-state index in [1.54, 1.807) is 12.1 Å². The smallest absolute Gasteiger partial charge is 0.419 e. The van der Waals surface area contributed by atoms with E-state index >= 15 is 0 Å². The van der Waals surface area contributed by atoms with Crippen molar-refractivity contribution in [2.75, 3.05) is 18.4 Å². The number of likely N-dealkylation sites (tertiary alicyclic amines) is 1. The van der Waals surface area contributed by atoms with E-state index in [1.807, 2.05) is 12.1 Å². The van der Waals surface area contributed by atoms with Crippen molar-refractivity contribution in [3.8, 4) is 0 Å². The van der Waals surface area contributed by atoms with Gasteiger partial charge in [0.25, 0.3) is 0 Å². The van der Waals surface area contributed by atoms with Crippen molar-refractivity contribution < 1.29 is 41.0 Å². The number of benzene rings is 2. The van der Waals surface area contributed by atoms with E-state index in [0.29, 0.717) is 37.8 Å². The third-order valence-electron chi connectivity index (χ3n) is 7.12. The van der Waals surface area contributed by atoms with Gasteiger partial charge in [0.1, 0.15) is 0 Å². The number of primary amides is 1. The molecule has 1 unspecified atom stereocenters. The number of alkyl halides is 6. The Morgan fingerprint density at radius 1 is 0.976 bits per heavy atom. The number of carboxylic acid groups (broad SMARTS) is 1. The number of nitrogens with two attached hydrogens (primary N) is 1. The van der Waals surface area contributed by atoms with Crippen LogP contribution in [-0.4, -0.2) is 45.1 Å². The molecule has 0 spiro atoms. The van der Waals surface area contributed by atoms with Gasteiger partial charge < -0.3 is 21.1 Å². The first-order valence-corrected chi connectivity index (χ1v) is 12.9. The summed E-state index contributed by atoms with van der Waals surface area (Å²) in [5.41, 5.74) is 4.43. The summed E-state index contributed by atoms with van der Waals surface area (Å²) in [6.45, 7) is 0.836. The number of aromatic nitrogens is 2. The summed E-state index contributed by atoms with van der Waals surface area (Å²) >= 11 is 0. The number of carbonyl (C=O) groups is 2. The summed E-state index contributed by atoms with van der Waals surface area (Å²) in [7, 11) is 0. The summed E-state index contributed by atoms with van der Waals surface area (Å²) < 4.78 is 80.7. The number of hydrogen-bond donors (Lipinski definition) is 3. The molecule has 3 aromatic rings. The Kier molecular flexibility index (Phi) is 8.92. The number of nitrogens with one attached hydrogen (secondary N) is 1. The van der Waals surface area contributed by atoms with Gasteiger partial charge in [-0.1, -0.05) is 24.3 Å². The van der Waals surface area contributed by atoms with Crippen molar-refractivity contribution in [3.63, 3.8) is 0 Å². The molecule has 8 nitrogen and oxygen atoms in total. The molecule has 1 atom stereocenters. The monoisotopic (exact) mass is 595 g/mol. The standard InChI is InChI=1S/C28H27F6N5O3/c29-27(30,31)20-5-1-16(2-6-20)13-19(14-23(35)40)24-22(28(32,33)34)15-36-25(38-24)37-21-7-3-17(4-8-21)18-9-11-39(12-10-18)26(41)42/h1-8,15,18-19H,9-14H2,(H2,35,40)(H,41,42)(H,36,37,38). The normalized spacial score (nSPS) is 15.3. The molecule has 2 aromatic carbocycles. The summed E-state index contributed by atoms with van der Waals surface area (Å²) in [6, 6.07) is 10.9. The Labute approximate surface area is 236 Å². The molecular weight excluding hydrogens is 568 g/mol. The number of carbonyl (C=O) groups excluding carboxylic acids is 1. The number of amides is 2. The van der Waals surface area contributed by atoms with Crippen LogP contribution in [0.1, 0.15) is 59.0 Å². The van der Waals surface area contributed by atoms with Crippen molar-refractivity contribution in [3.05, 3.63) is 82.7 Å². The number of halogens is 6. The van der Waals surface area contributed by atoms with Crippen molar-refractivity contribution in [1.29, 1.82) is 0 Å². The number of nitrogens with zero attached hydrogens (tertiary/aromatic N) is 3. The fraction of sp³-hybridized carbons (Fsp3) is 0.357. The molecule has 0 saturated carbocycles. The second kappa shape index (κ2) is 12.2. The molecule has 1 aromatic heterocycles. The van der Waals surface area contributed by atoms with E-state index in [2.05, 4.69) is 15.3 Å². The maximum atomic E-state index is 13.9. The molecular formula is C28H27F6N5O3. The van der Waals surface area contributed by atoms with Crippen LogP contribution in [0.4, 0.5) is 42.8 Å². The molecule has 1 saturated heterocycles. The third-order valence-corrected chi connectivity index (χ3v) is 7.12. The molecule has 14 heteroatoms. The van der Waals surface area contributed by atoms with Gasteiger partial charge in [0, 0.05) is 37.3 Å². The van der Waals surface area contributed by atoms with Crippen molar-refractivity contribution in [2.24, 2.45) is 5.73 Å². The van der Waals surface area contributed by atoms with Crippen LogP contribution in [0, 0.1) is 0 Å². The predicted octanol–water partition coefficient (Wildman–Crippen LogP) is 6.32. The van der Waals surface area contributed by atoms with E-state index in [0.717, 1.165) is 29.8 Å². The van der Waals surface area contributed by atoms with E-state index < -0.39 is 53.5 Å². The summed E-state index contributed by atoms with van der Waals surface area (Å²) in [5, 5.41) is 12.0. The molecule has 4 N–H and O–H groups in total. The van der Waals surface area contributed by atoms with E-state index in [4.69, 9.17) is 10.8 Å². The molecule has 1 aliphatic heterocycles. The van der Waals surface area contributed by atoms with Crippen LogP contribution in [0.2, 0.25) is 0 Å². The minimum Gasteiger partial charge on any atom is -0.465 e. The number of rotatable bonds is 8. The lowest BCUT2D eigenvalue weighted by molar-refractivity contribution is -0.139. The number of piperidine rings is 1. The van der Waals surface area contributed by atoms with Crippen LogP contribution in [0.5, 0.6) is 0 Å². The summed E-state index contributed by atoms with van der Waals surface area (Å²) in [6.07, 6.45) is -9.27. The SMILES string of the molecule is NC(=O)CC(Cc1ccc(C(F)(F)F)cc1)c1nc(Nc2ccc(C3CCN(C(=O)O)CC3)cc2)ncc1C(F)(F)F. The molecule has 0 bridgehead atoms. The first-order chi connectivity index (χ1) is 19.7. The van der Waals surface area contributed by atoms with Gasteiger partial charge in [-0.2, -0.15) is 26.3 Å². The Morgan fingerprint density at radius 2 is 1.60 bits per heavy atom. The molecule has 2 amide bonds. The molecule has 0 aliphatic carbocycles. The highest BCUT2D eigenvalue weighted by Crippen LogP contribution is 2.38. The van der Waals surface area contributed by atoms with Crippen LogP contribution < -0.4 is 11.1 Å². The highest BCUT2D eigenvalue weighted by Gasteiger charge is 2.38. The molecule has 1 fully saturated rings. The van der Waals surface area contributed by atoms with Gasteiger partial charge in [-0.05, 0) is 60.6 Å². The zero-order valence-corrected chi connectivity index (χ0v) is 22.0. The van der Waals surface area contributed by atoms with Gasteiger partial charge in [-0.15, -0.1) is 0 Å². The van der Waals surface area contributed by atoms with Crippen LogP contribution in [-0.2, 0) is 23.6 Å². The fourth-order valence-corrected chi connectivity index (χ4v) is 4.98. The van der Waals surface area contributed by atoms with Gasteiger partial charge in [-0.25, -0.2) is 14.8 Å². The second-order valence-electron chi connectivity index (χ2n) is 10.0. The van der Waals surface area contributed by atoms with Crippen molar-refractivity contribution in [1.82, 2.24) is 14.9 Å². The zero-order chi connectivity index (χ0) is 30.7. The largest absolute Gasteiger partial charge is 0.465 e. The molecule has 224 valence electrons. The van der Waals surface area contributed by atoms with Gasteiger partial charge in [0.15, 0.2) is 0 Å². The van der Waals surface area contributed by atoms with E-state index in [1.165, 1.54) is 4.90 Å². The highest BCUT2D eigenvalue weighted by atomic mass is 19.4. The Bertz CT molecular complexity index is 1400. The number of anilines is 2. The van der Waals surface area contributed by atoms with E-state index in [-0.39, 0.29) is 23.9 Å². The lowest BCUT2D eigenvalue weighted by atomic mass is 9.89. The lowest BCUT2D eigenvalue weighted by Crippen LogP contribution is -2.36. The maximum Gasteiger partial charge on any atom is 0.419 e. The average molecular weight is 596 g/mol. The molecule has 2 heterocycles. The quantitative estimate of drug-likeness (QED) is 0.262. The molecule has 42 heavy (non-hydrogen) atoms. The topological polar surface area (TPSA) is 121 Å². The minimum atomic E-state index is -4.87. The van der Waals surface area contributed by atoms with Gasteiger partial charge >= 0.3 is 18.4 Å². The predicted molar refractivity (Wildman–Crippen MR) is 140 cm³/mol. The van der Waals surface area contributed by atoms with Crippen LogP contribution >= 0.6 is 0 Å². The molecule has 4 rings (SSSR count). The number of hydrogen-bond acceptors (Lipinski definition) is 5. The van der Waals surface area contributed by atoms with Gasteiger partial charge in [0.2, 0.25) is 11.9 Å². The first kappa shape index (κ1) is 30.6. The first-order valence-electron chi connectivity index (χ1n) is 12.9. The Hall–Kier alpha value is -4.36. The molecule has 0 radical (unpaired) electrons. The van der Waals surface area contributed by atoms with Crippen molar-refractivity contribution in [2.45, 2.75) is 49.9 Å². The van der Waals surface area contributed by atoms with Crippen LogP contribution in [0.3, 0.4) is 0 Å².